The molecular weight excluding hydrogens is 318 g/mol. The summed E-state index contributed by atoms with van der Waals surface area (Å²) in [6.45, 7) is 2.03. The highest BCUT2D eigenvalue weighted by Gasteiger charge is 2.16. The maximum Gasteiger partial charge on any atom is 0.339 e. The van der Waals surface area contributed by atoms with Crippen molar-refractivity contribution in [1.29, 1.82) is 0 Å². The van der Waals surface area contributed by atoms with Crippen LogP contribution in [0.5, 0.6) is 5.75 Å². The molecule has 2 aromatic rings. The number of hydrogen-bond donors (Lipinski definition) is 2. The molecule has 23 heavy (non-hydrogen) atoms. The number of methoxy groups -OCH3 is 1. The van der Waals surface area contributed by atoms with E-state index in [0.717, 1.165) is 12.0 Å². The van der Waals surface area contributed by atoms with Gasteiger partial charge < -0.3 is 15.2 Å². The normalized spacial score (nSPS) is 10.2. The number of rotatable bonds is 5. The van der Waals surface area contributed by atoms with Gasteiger partial charge in [-0.2, -0.15) is 0 Å². The third-order valence-corrected chi connectivity index (χ3v) is 3.70. The summed E-state index contributed by atoms with van der Waals surface area (Å²) in [5, 5.41) is 11.9. The SMILES string of the molecule is CCc1ccc(C(=O)Nc2cc(OC)c(C(=O)O)cc2Cl)cc1. The van der Waals surface area contributed by atoms with Crippen molar-refractivity contribution in [3.8, 4) is 5.75 Å². The molecule has 5 nitrogen and oxygen atoms in total. The highest BCUT2D eigenvalue weighted by atomic mass is 35.5. The van der Waals surface area contributed by atoms with Crippen LogP contribution >= 0.6 is 11.6 Å². The van der Waals surface area contributed by atoms with Gasteiger partial charge in [0.1, 0.15) is 11.3 Å². The molecule has 0 heterocycles. The van der Waals surface area contributed by atoms with Crippen LogP contribution in [0.1, 0.15) is 33.2 Å². The zero-order chi connectivity index (χ0) is 17.0. The van der Waals surface area contributed by atoms with Crippen molar-refractivity contribution in [3.05, 3.63) is 58.1 Å². The smallest absolute Gasteiger partial charge is 0.339 e. The highest BCUT2D eigenvalue weighted by Crippen LogP contribution is 2.31. The van der Waals surface area contributed by atoms with Crippen LogP contribution in [0.3, 0.4) is 0 Å². The lowest BCUT2D eigenvalue weighted by Gasteiger charge is -2.12. The minimum atomic E-state index is -1.16. The Labute approximate surface area is 138 Å². The van der Waals surface area contributed by atoms with Crippen LogP contribution in [0.2, 0.25) is 5.02 Å². The molecule has 6 heteroatoms. The Balaban J connectivity index is 2.28. The summed E-state index contributed by atoms with van der Waals surface area (Å²) in [6.07, 6.45) is 0.890. The maximum atomic E-state index is 12.3. The number of carbonyl (C=O) groups is 2. The first-order valence-corrected chi connectivity index (χ1v) is 7.35. The van der Waals surface area contributed by atoms with Crippen molar-refractivity contribution in [1.82, 2.24) is 0 Å². The largest absolute Gasteiger partial charge is 0.496 e. The lowest BCUT2D eigenvalue weighted by Crippen LogP contribution is -2.13. The number of nitrogens with one attached hydrogen (secondary N) is 1. The van der Waals surface area contributed by atoms with Gasteiger partial charge in [0.15, 0.2) is 0 Å². The van der Waals surface area contributed by atoms with Crippen LogP contribution in [-0.4, -0.2) is 24.1 Å². The number of ether oxygens (including phenoxy) is 1. The zero-order valence-electron chi connectivity index (χ0n) is 12.7. The topological polar surface area (TPSA) is 75.6 Å². The van der Waals surface area contributed by atoms with Crippen molar-refractivity contribution in [2.24, 2.45) is 0 Å². The summed E-state index contributed by atoms with van der Waals surface area (Å²) in [5.41, 5.74) is 1.84. The number of carboxylic acid groups (broad SMARTS) is 1. The zero-order valence-corrected chi connectivity index (χ0v) is 13.5. The van der Waals surface area contributed by atoms with Crippen LogP contribution in [0, 0.1) is 0 Å². The molecule has 0 aliphatic heterocycles. The number of carboxylic acids is 1. The lowest BCUT2D eigenvalue weighted by atomic mass is 10.1. The lowest BCUT2D eigenvalue weighted by molar-refractivity contribution is 0.0693. The van der Waals surface area contributed by atoms with Crippen LogP contribution in [0.25, 0.3) is 0 Å². The second-order valence-electron chi connectivity index (χ2n) is 4.84. The Hall–Kier alpha value is -2.53. The summed E-state index contributed by atoms with van der Waals surface area (Å²) in [5.74, 6) is -1.37. The summed E-state index contributed by atoms with van der Waals surface area (Å²) in [6, 6.07) is 9.85. The number of amides is 1. The fourth-order valence-corrected chi connectivity index (χ4v) is 2.28. The third kappa shape index (κ3) is 3.81. The molecule has 2 N–H and O–H groups in total. The van der Waals surface area contributed by atoms with E-state index in [4.69, 9.17) is 21.4 Å². The van der Waals surface area contributed by atoms with Crippen molar-refractivity contribution in [2.45, 2.75) is 13.3 Å². The molecule has 120 valence electrons. The minimum absolute atomic E-state index is 0.0669. The van der Waals surface area contributed by atoms with E-state index in [1.54, 1.807) is 12.1 Å². The average molecular weight is 334 g/mol. The Morgan fingerprint density at radius 2 is 1.87 bits per heavy atom. The number of hydrogen-bond acceptors (Lipinski definition) is 3. The maximum absolute atomic E-state index is 12.3. The van der Waals surface area contributed by atoms with Gasteiger partial charge in [-0.15, -0.1) is 0 Å². The van der Waals surface area contributed by atoms with Crippen molar-refractivity contribution in [3.63, 3.8) is 0 Å². The van der Waals surface area contributed by atoms with Gasteiger partial charge >= 0.3 is 5.97 Å². The van der Waals surface area contributed by atoms with Gasteiger partial charge in [0.2, 0.25) is 0 Å². The van der Waals surface area contributed by atoms with E-state index < -0.39 is 5.97 Å². The number of aryl methyl sites for hydroxylation is 1. The monoisotopic (exact) mass is 333 g/mol. The molecule has 0 aliphatic rings. The van der Waals surface area contributed by atoms with E-state index >= 15 is 0 Å². The molecule has 0 aliphatic carbocycles. The van der Waals surface area contributed by atoms with Gasteiger partial charge in [-0.25, -0.2) is 4.79 Å². The quantitative estimate of drug-likeness (QED) is 0.871. The van der Waals surface area contributed by atoms with Crippen LogP contribution in [-0.2, 0) is 6.42 Å². The van der Waals surface area contributed by atoms with E-state index in [0.29, 0.717) is 5.56 Å². The molecule has 0 aromatic heterocycles. The molecule has 0 saturated heterocycles. The van der Waals surface area contributed by atoms with Gasteiger partial charge in [0.05, 0.1) is 17.8 Å². The number of aromatic carboxylic acids is 1. The van der Waals surface area contributed by atoms with Gasteiger partial charge in [-0.3, -0.25) is 4.79 Å². The Morgan fingerprint density at radius 1 is 1.22 bits per heavy atom. The van der Waals surface area contributed by atoms with E-state index in [1.165, 1.54) is 19.2 Å². The van der Waals surface area contributed by atoms with Crippen LogP contribution in [0.4, 0.5) is 5.69 Å². The van der Waals surface area contributed by atoms with Gasteiger partial charge in [-0.1, -0.05) is 30.7 Å². The first-order valence-electron chi connectivity index (χ1n) is 6.97. The standard InChI is InChI=1S/C17H16ClNO4/c1-3-10-4-6-11(7-5-10)16(20)19-14-9-15(23-2)12(17(21)22)8-13(14)18/h4-9H,3H2,1-2H3,(H,19,20)(H,21,22). The summed E-state index contributed by atoms with van der Waals surface area (Å²) in [7, 11) is 1.35. The van der Waals surface area contributed by atoms with Crippen molar-refractivity contribution >= 4 is 29.2 Å². The first kappa shape index (κ1) is 16.8. The first-order chi connectivity index (χ1) is 11.0. The summed E-state index contributed by atoms with van der Waals surface area (Å²) >= 11 is 6.05. The number of anilines is 1. The minimum Gasteiger partial charge on any atom is -0.496 e. The van der Waals surface area contributed by atoms with E-state index in [1.807, 2.05) is 19.1 Å². The second-order valence-corrected chi connectivity index (χ2v) is 5.25. The number of carbonyl (C=O) groups excluding carboxylic acids is 1. The fourth-order valence-electron chi connectivity index (χ4n) is 2.07. The van der Waals surface area contributed by atoms with Crippen molar-refractivity contribution < 1.29 is 19.4 Å². The summed E-state index contributed by atoms with van der Waals surface area (Å²) in [4.78, 5) is 23.4. The average Bonchev–Trinajstić information content (AvgIpc) is 2.56. The van der Waals surface area contributed by atoms with Crippen molar-refractivity contribution in [2.75, 3.05) is 12.4 Å². The molecule has 0 fully saturated rings. The molecule has 2 rings (SSSR count). The van der Waals surface area contributed by atoms with E-state index in [2.05, 4.69) is 5.32 Å². The number of halogens is 1. The van der Waals surface area contributed by atoms with Gasteiger partial charge in [0.25, 0.3) is 5.91 Å². The molecule has 0 bridgehead atoms. The Bertz CT molecular complexity index is 741. The summed E-state index contributed by atoms with van der Waals surface area (Å²) < 4.78 is 5.03. The van der Waals surface area contributed by atoms with Gasteiger partial charge in [-0.05, 0) is 30.2 Å². The molecule has 0 spiro atoms. The molecule has 0 atom stereocenters. The van der Waals surface area contributed by atoms with Crippen LogP contribution < -0.4 is 10.1 Å². The fraction of sp³-hybridized carbons (Fsp3) is 0.176. The Morgan fingerprint density at radius 3 is 2.39 bits per heavy atom. The highest BCUT2D eigenvalue weighted by molar-refractivity contribution is 6.34. The number of benzene rings is 2. The Kier molecular flexibility index (Phi) is 5.24. The third-order valence-electron chi connectivity index (χ3n) is 3.39. The predicted molar refractivity (Wildman–Crippen MR) is 88.7 cm³/mol. The molecule has 0 unspecified atom stereocenters. The van der Waals surface area contributed by atoms with Gasteiger partial charge in [0, 0.05) is 11.6 Å². The predicted octanol–water partition coefficient (Wildman–Crippen LogP) is 3.86. The molecular formula is C17H16ClNO4. The molecule has 2 aromatic carbocycles. The molecule has 1 amide bonds. The molecule has 0 saturated carbocycles. The van der Waals surface area contributed by atoms with E-state index in [-0.39, 0.29) is 27.9 Å². The van der Waals surface area contributed by atoms with E-state index in [9.17, 15) is 9.59 Å². The second kappa shape index (κ2) is 7.15. The molecule has 0 radical (unpaired) electrons. The van der Waals surface area contributed by atoms with Crippen LogP contribution in [0.15, 0.2) is 36.4 Å².